The van der Waals surface area contributed by atoms with E-state index in [1.54, 1.807) is 0 Å². The van der Waals surface area contributed by atoms with Gasteiger partial charge in [0, 0.05) is 0 Å². The van der Waals surface area contributed by atoms with E-state index in [0.717, 1.165) is 6.42 Å². The van der Waals surface area contributed by atoms with E-state index in [2.05, 4.69) is 44.2 Å². The van der Waals surface area contributed by atoms with Crippen molar-refractivity contribution in [2.75, 3.05) is 0 Å². The lowest BCUT2D eigenvalue weighted by atomic mass is 10.1. The molecule has 1 aliphatic rings. The molecular formula is C10H14. The first-order chi connectivity index (χ1) is 4.79. The Morgan fingerprint density at radius 2 is 2.30 bits per heavy atom. The van der Waals surface area contributed by atoms with Crippen molar-refractivity contribution in [3.63, 3.8) is 0 Å². The highest BCUT2D eigenvalue weighted by atomic mass is 14.0. The highest BCUT2D eigenvalue weighted by molar-refractivity contribution is 5.31. The minimum absolute atomic E-state index is 0.668. The van der Waals surface area contributed by atoms with Gasteiger partial charge in [0.1, 0.15) is 0 Å². The summed E-state index contributed by atoms with van der Waals surface area (Å²) in [7, 11) is 0. The molecule has 0 radical (unpaired) electrons. The Morgan fingerprint density at radius 3 is 2.80 bits per heavy atom. The molecule has 0 bridgehead atoms. The number of allylic oxidation sites excluding steroid dienone is 6. The maximum Gasteiger partial charge on any atom is -0.00944 e. The molecule has 0 unspecified atom stereocenters. The van der Waals surface area contributed by atoms with E-state index in [4.69, 9.17) is 0 Å². The van der Waals surface area contributed by atoms with Crippen LogP contribution in [0.5, 0.6) is 0 Å². The van der Waals surface area contributed by atoms with Crippen LogP contribution in [0.25, 0.3) is 0 Å². The average Bonchev–Trinajstić information content (AvgIpc) is 2.34. The van der Waals surface area contributed by atoms with Crippen LogP contribution in [-0.2, 0) is 0 Å². The number of hydrogen-bond donors (Lipinski definition) is 0. The van der Waals surface area contributed by atoms with E-state index in [9.17, 15) is 0 Å². The first-order valence-electron chi connectivity index (χ1n) is 3.83. The zero-order chi connectivity index (χ0) is 7.40. The van der Waals surface area contributed by atoms with Gasteiger partial charge in [0.2, 0.25) is 0 Å². The van der Waals surface area contributed by atoms with Crippen molar-refractivity contribution >= 4 is 0 Å². The van der Waals surface area contributed by atoms with Gasteiger partial charge in [-0.2, -0.15) is 0 Å². The monoisotopic (exact) mass is 134 g/mol. The Balaban J connectivity index is 2.39. The van der Waals surface area contributed by atoms with Crippen LogP contribution >= 0.6 is 0 Å². The summed E-state index contributed by atoms with van der Waals surface area (Å²) in [4.78, 5) is 0. The minimum Gasteiger partial charge on any atom is -0.0817 e. The van der Waals surface area contributed by atoms with Crippen molar-refractivity contribution in [2.24, 2.45) is 5.92 Å². The molecular weight excluding hydrogens is 120 g/mol. The topological polar surface area (TPSA) is 0 Å². The van der Waals surface area contributed by atoms with Crippen molar-refractivity contribution in [1.82, 2.24) is 0 Å². The molecule has 1 rings (SSSR count). The summed E-state index contributed by atoms with van der Waals surface area (Å²) in [6, 6.07) is 0. The van der Waals surface area contributed by atoms with Crippen LogP contribution in [0, 0.1) is 5.92 Å². The van der Waals surface area contributed by atoms with Crippen LogP contribution in [0.3, 0.4) is 0 Å². The van der Waals surface area contributed by atoms with E-state index in [1.165, 1.54) is 5.57 Å². The lowest BCUT2D eigenvalue weighted by molar-refractivity contribution is 0.830. The number of rotatable bonds is 2. The molecule has 0 saturated heterocycles. The molecule has 0 atom stereocenters. The predicted octanol–water partition coefficient (Wildman–Crippen LogP) is 3.08. The Bertz CT molecular complexity index is 180. The van der Waals surface area contributed by atoms with Gasteiger partial charge in [-0.15, -0.1) is 0 Å². The molecule has 0 spiro atoms. The highest BCUT2D eigenvalue weighted by Gasteiger charge is 1.93. The molecule has 54 valence electrons. The van der Waals surface area contributed by atoms with E-state index in [0.29, 0.717) is 5.92 Å². The van der Waals surface area contributed by atoms with E-state index >= 15 is 0 Å². The Morgan fingerprint density at radius 1 is 1.50 bits per heavy atom. The molecule has 0 heterocycles. The molecule has 0 amide bonds. The quantitative estimate of drug-likeness (QED) is 0.544. The molecule has 0 aromatic heterocycles. The fourth-order valence-corrected chi connectivity index (χ4v) is 0.903. The van der Waals surface area contributed by atoms with Crippen LogP contribution in [0.1, 0.15) is 20.3 Å². The summed E-state index contributed by atoms with van der Waals surface area (Å²) >= 11 is 0. The molecule has 0 aromatic carbocycles. The van der Waals surface area contributed by atoms with Crippen LogP contribution in [0.2, 0.25) is 0 Å². The molecule has 1 aliphatic carbocycles. The lowest BCUT2D eigenvalue weighted by Crippen LogP contribution is -1.78. The maximum absolute atomic E-state index is 2.23. The molecule has 0 fully saturated rings. The summed E-state index contributed by atoms with van der Waals surface area (Å²) in [5.74, 6) is 0.668. The Kier molecular flexibility index (Phi) is 2.49. The van der Waals surface area contributed by atoms with Gasteiger partial charge in [0.25, 0.3) is 0 Å². The lowest BCUT2D eigenvalue weighted by Gasteiger charge is -1.93. The second-order valence-electron chi connectivity index (χ2n) is 2.98. The van der Waals surface area contributed by atoms with Crippen molar-refractivity contribution in [3.8, 4) is 0 Å². The van der Waals surface area contributed by atoms with Gasteiger partial charge in [-0.1, -0.05) is 44.2 Å². The molecule has 0 nitrogen and oxygen atoms in total. The minimum atomic E-state index is 0.668. The van der Waals surface area contributed by atoms with Crippen molar-refractivity contribution < 1.29 is 0 Å². The third-order valence-electron chi connectivity index (χ3n) is 1.50. The third-order valence-corrected chi connectivity index (χ3v) is 1.50. The second kappa shape index (κ2) is 3.40. The predicted molar refractivity (Wildman–Crippen MR) is 45.8 cm³/mol. The van der Waals surface area contributed by atoms with E-state index in [-0.39, 0.29) is 0 Å². The van der Waals surface area contributed by atoms with Gasteiger partial charge < -0.3 is 0 Å². The van der Waals surface area contributed by atoms with Gasteiger partial charge in [-0.25, -0.2) is 0 Å². The zero-order valence-corrected chi connectivity index (χ0v) is 6.67. The van der Waals surface area contributed by atoms with Crippen LogP contribution in [-0.4, -0.2) is 0 Å². The first kappa shape index (κ1) is 7.33. The summed E-state index contributed by atoms with van der Waals surface area (Å²) in [6.07, 6.45) is 12.0. The first-order valence-corrected chi connectivity index (χ1v) is 3.83. The summed E-state index contributed by atoms with van der Waals surface area (Å²) < 4.78 is 0. The third kappa shape index (κ3) is 2.22. The molecule has 0 aliphatic heterocycles. The van der Waals surface area contributed by atoms with Gasteiger partial charge in [-0.3, -0.25) is 0 Å². The summed E-state index contributed by atoms with van der Waals surface area (Å²) in [6.45, 7) is 4.39. The summed E-state index contributed by atoms with van der Waals surface area (Å²) in [5.41, 5.74) is 1.42. The van der Waals surface area contributed by atoms with Gasteiger partial charge in [0.05, 0.1) is 0 Å². The molecule has 0 saturated carbocycles. The average molecular weight is 134 g/mol. The van der Waals surface area contributed by atoms with Crippen molar-refractivity contribution in [2.45, 2.75) is 20.3 Å². The zero-order valence-electron chi connectivity index (χ0n) is 6.67. The summed E-state index contributed by atoms with van der Waals surface area (Å²) in [5, 5.41) is 0. The Hall–Kier alpha value is -0.780. The van der Waals surface area contributed by atoms with Crippen LogP contribution < -0.4 is 0 Å². The Labute approximate surface area is 62.9 Å². The fourth-order valence-electron chi connectivity index (χ4n) is 0.903. The van der Waals surface area contributed by atoms with Crippen LogP contribution in [0.4, 0.5) is 0 Å². The highest BCUT2D eigenvalue weighted by Crippen LogP contribution is 2.12. The van der Waals surface area contributed by atoms with Gasteiger partial charge in [-0.05, 0) is 17.9 Å². The maximum atomic E-state index is 2.23. The van der Waals surface area contributed by atoms with Crippen molar-refractivity contribution in [3.05, 3.63) is 36.0 Å². The second-order valence-corrected chi connectivity index (χ2v) is 2.98. The van der Waals surface area contributed by atoms with Crippen LogP contribution in [0.15, 0.2) is 36.0 Å². The number of hydrogen-bond acceptors (Lipinski definition) is 0. The van der Waals surface area contributed by atoms with Gasteiger partial charge in [0.15, 0.2) is 0 Å². The van der Waals surface area contributed by atoms with E-state index in [1.807, 2.05) is 0 Å². The molecule has 0 aromatic rings. The molecule has 0 N–H and O–H groups in total. The fraction of sp³-hybridized carbons (Fsp3) is 0.400. The van der Waals surface area contributed by atoms with Gasteiger partial charge >= 0.3 is 0 Å². The smallest absolute Gasteiger partial charge is 0.00944 e. The normalized spacial score (nSPS) is 17.3. The molecule has 0 heteroatoms. The standard InChI is InChI=1S/C10H14/c1-9(2)7-8-10-5-3-4-6-10/h3-5,7-9H,6H2,1-2H3/b8-7+. The molecule has 10 heavy (non-hydrogen) atoms. The van der Waals surface area contributed by atoms with E-state index < -0.39 is 0 Å². The largest absolute Gasteiger partial charge is 0.0817 e. The van der Waals surface area contributed by atoms with Crippen molar-refractivity contribution in [1.29, 1.82) is 0 Å². The SMILES string of the molecule is CC(C)/C=C/C1=CC=CC1.